The molecular formula is C18H17N5OS. The summed E-state index contributed by atoms with van der Waals surface area (Å²) in [6.07, 6.45) is 5.68. The summed E-state index contributed by atoms with van der Waals surface area (Å²) in [5.74, 6) is 0.637. The van der Waals surface area contributed by atoms with Crippen LogP contribution < -0.4 is 9.80 Å². The van der Waals surface area contributed by atoms with Gasteiger partial charge in [-0.1, -0.05) is 17.8 Å². The number of rotatable bonds is 2. The fourth-order valence-corrected chi connectivity index (χ4v) is 3.87. The molecule has 1 fully saturated rings. The van der Waals surface area contributed by atoms with Crippen LogP contribution in [0.15, 0.2) is 35.6 Å². The first-order valence-corrected chi connectivity index (χ1v) is 9.43. The number of amides is 1. The van der Waals surface area contributed by atoms with Gasteiger partial charge in [-0.25, -0.2) is 9.97 Å². The third kappa shape index (κ3) is 2.72. The molecule has 0 bridgehead atoms. The minimum atomic E-state index is -0.104. The number of nitrogens with zero attached hydrogens (tertiary/aromatic N) is 5. The lowest BCUT2D eigenvalue weighted by Gasteiger charge is -2.27. The number of hydrogen-bond donors (Lipinski definition) is 0. The van der Waals surface area contributed by atoms with Crippen molar-refractivity contribution >= 4 is 29.2 Å². The van der Waals surface area contributed by atoms with Gasteiger partial charge in [0.15, 0.2) is 5.16 Å². The zero-order chi connectivity index (χ0) is 17.4. The van der Waals surface area contributed by atoms with E-state index in [1.807, 2.05) is 18.4 Å². The second-order valence-electron chi connectivity index (χ2n) is 6.16. The Labute approximate surface area is 150 Å². The van der Waals surface area contributed by atoms with Crippen molar-refractivity contribution in [3.8, 4) is 6.07 Å². The highest BCUT2D eigenvalue weighted by molar-refractivity contribution is 7.98. The highest BCUT2D eigenvalue weighted by Gasteiger charge is 2.37. The Balaban J connectivity index is 1.83. The number of hydrogen-bond acceptors (Lipinski definition) is 6. The Morgan fingerprint density at radius 2 is 2.28 bits per heavy atom. The summed E-state index contributed by atoms with van der Waals surface area (Å²) in [6.45, 7) is 1.50. The molecule has 0 aliphatic carbocycles. The number of thioether (sulfide) groups is 1. The molecule has 2 aliphatic heterocycles. The lowest BCUT2D eigenvalue weighted by Crippen LogP contribution is -2.39. The number of aromatic nitrogens is 2. The average molecular weight is 351 g/mol. The number of benzene rings is 1. The second kappa shape index (κ2) is 6.37. The summed E-state index contributed by atoms with van der Waals surface area (Å²) in [6, 6.07) is 9.57. The first kappa shape index (κ1) is 15.9. The summed E-state index contributed by atoms with van der Waals surface area (Å²) in [5.41, 5.74) is 1.83. The van der Waals surface area contributed by atoms with E-state index in [1.165, 1.54) is 11.8 Å². The topological polar surface area (TPSA) is 73.1 Å². The molecule has 4 rings (SSSR count). The SMILES string of the molecule is CSc1ncc2c(n1)N1CCC[C@H]1CN(c1cccc(C#N)c1)C2=O. The van der Waals surface area contributed by atoms with Crippen molar-refractivity contribution in [2.24, 2.45) is 0 Å². The number of anilines is 2. The van der Waals surface area contributed by atoms with Gasteiger partial charge in [0, 0.05) is 31.0 Å². The molecule has 0 saturated carbocycles. The van der Waals surface area contributed by atoms with Crippen LogP contribution in [0.2, 0.25) is 0 Å². The van der Waals surface area contributed by atoms with E-state index in [0.717, 1.165) is 30.9 Å². The number of fused-ring (bicyclic) bond motifs is 3. The molecule has 1 amide bonds. The minimum absolute atomic E-state index is 0.104. The van der Waals surface area contributed by atoms with Crippen molar-refractivity contribution < 1.29 is 4.79 Å². The maximum absolute atomic E-state index is 13.2. The third-order valence-electron chi connectivity index (χ3n) is 4.73. The van der Waals surface area contributed by atoms with Crippen LogP contribution in [0.25, 0.3) is 0 Å². The first-order valence-electron chi connectivity index (χ1n) is 8.21. The van der Waals surface area contributed by atoms with E-state index in [1.54, 1.807) is 23.2 Å². The Kier molecular flexibility index (Phi) is 4.06. The van der Waals surface area contributed by atoms with Crippen molar-refractivity contribution in [2.75, 3.05) is 29.1 Å². The van der Waals surface area contributed by atoms with Crippen LogP contribution in [0.5, 0.6) is 0 Å². The highest BCUT2D eigenvalue weighted by Crippen LogP contribution is 2.34. The van der Waals surface area contributed by atoms with E-state index in [-0.39, 0.29) is 11.9 Å². The van der Waals surface area contributed by atoms with Crippen LogP contribution in [0.1, 0.15) is 28.8 Å². The van der Waals surface area contributed by atoms with Crippen LogP contribution in [-0.4, -0.2) is 41.3 Å². The molecule has 0 spiro atoms. The maximum Gasteiger partial charge on any atom is 0.263 e. The molecule has 126 valence electrons. The number of carbonyl (C=O) groups is 1. The molecule has 0 unspecified atom stereocenters. The molecule has 0 N–H and O–H groups in total. The molecule has 7 heteroatoms. The van der Waals surface area contributed by atoms with Crippen molar-refractivity contribution in [3.05, 3.63) is 41.6 Å². The molecule has 1 saturated heterocycles. The summed E-state index contributed by atoms with van der Waals surface area (Å²) < 4.78 is 0. The molecule has 0 radical (unpaired) electrons. The van der Waals surface area contributed by atoms with Crippen molar-refractivity contribution in [3.63, 3.8) is 0 Å². The standard InChI is InChI=1S/C18H17N5OS/c1-25-18-20-10-15-16(21-18)22-7-3-6-14(22)11-23(17(15)24)13-5-2-4-12(8-13)9-19/h2,4-5,8,10,14H,3,6-7,11H2,1H3/t14-/m0/s1. The van der Waals surface area contributed by atoms with Crippen LogP contribution in [0.3, 0.4) is 0 Å². The summed E-state index contributed by atoms with van der Waals surface area (Å²) >= 11 is 1.48. The van der Waals surface area contributed by atoms with Crippen LogP contribution in [0.4, 0.5) is 11.5 Å². The predicted octanol–water partition coefficient (Wildman–Crippen LogP) is 2.70. The zero-order valence-electron chi connectivity index (χ0n) is 13.8. The molecule has 3 heterocycles. The van der Waals surface area contributed by atoms with Gasteiger partial charge in [0.05, 0.1) is 11.6 Å². The zero-order valence-corrected chi connectivity index (χ0v) is 14.7. The van der Waals surface area contributed by atoms with Gasteiger partial charge in [-0.3, -0.25) is 4.79 Å². The summed E-state index contributed by atoms with van der Waals surface area (Å²) in [5, 5.41) is 9.84. The Bertz CT molecular complexity index is 878. The van der Waals surface area contributed by atoms with E-state index < -0.39 is 0 Å². The fourth-order valence-electron chi connectivity index (χ4n) is 3.53. The van der Waals surface area contributed by atoms with Crippen LogP contribution >= 0.6 is 11.8 Å². The second-order valence-corrected chi connectivity index (χ2v) is 6.93. The molecule has 2 aromatic rings. The Morgan fingerprint density at radius 3 is 3.08 bits per heavy atom. The smallest absolute Gasteiger partial charge is 0.263 e. The van der Waals surface area contributed by atoms with Gasteiger partial charge >= 0.3 is 0 Å². The summed E-state index contributed by atoms with van der Waals surface area (Å²) in [7, 11) is 0. The fraction of sp³-hybridized carbons (Fsp3) is 0.333. The monoisotopic (exact) mass is 351 g/mol. The molecule has 1 atom stereocenters. The number of nitriles is 1. The third-order valence-corrected chi connectivity index (χ3v) is 5.30. The van der Waals surface area contributed by atoms with Gasteiger partial charge in [0.2, 0.25) is 0 Å². The Hall–Kier alpha value is -2.59. The number of carbonyl (C=O) groups excluding carboxylic acids is 1. The highest BCUT2D eigenvalue weighted by atomic mass is 32.2. The van der Waals surface area contributed by atoms with Gasteiger partial charge in [0.1, 0.15) is 11.4 Å². The molecule has 1 aromatic heterocycles. The van der Waals surface area contributed by atoms with E-state index in [4.69, 9.17) is 5.26 Å². The van der Waals surface area contributed by atoms with E-state index in [2.05, 4.69) is 20.9 Å². The minimum Gasteiger partial charge on any atom is -0.351 e. The lowest BCUT2D eigenvalue weighted by molar-refractivity contribution is 0.0988. The summed E-state index contributed by atoms with van der Waals surface area (Å²) in [4.78, 5) is 26.1. The molecule has 25 heavy (non-hydrogen) atoms. The van der Waals surface area contributed by atoms with Gasteiger partial charge in [-0.2, -0.15) is 5.26 Å². The van der Waals surface area contributed by atoms with Crippen LogP contribution in [-0.2, 0) is 0 Å². The van der Waals surface area contributed by atoms with Crippen molar-refractivity contribution in [2.45, 2.75) is 24.0 Å². The quantitative estimate of drug-likeness (QED) is 0.612. The van der Waals surface area contributed by atoms with E-state index in [9.17, 15) is 4.79 Å². The molecule has 6 nitrogen and oxygen atoms in total. The van der Waals surface area contributed by atoms with Crippen molar-refractivity contribution in [1.82, 2.24) is 9.97 Å². The Morgan fingerprint density at radius 1 is 1.40 bits per heavy atom. The largest absolute Gasteiger partial charge is 0.351 e. The van der Waals surface area contributed by atoms with Crippen LogP contribution in [0, 0.1) is 11.3 Å². The predicted molar refractivity (Wildman–Crippen MR) is 97.0 cm³/mol. The van der Waals surface area contributed by atoms with Gasteiger partial charge in [0.25, 0.3) is 5.91 Å². The maximum atomic E-state index is 13.2. The van der Waals surface area contributed by atoms with Crippen molar-refractivity contribution in [1.29, 1.82) is 5.26 Å². The molecule has 1 aromatic carbocycles. The normalized spacial score (nSPS) is 19.2. The first-order chi connectivity index (χ1) is 12.2. The lowest BCUT2D eigenvalue weighted by atomic mass is 10.1. The van der Waals surface area contributed by atoms with Gasteiger partial charge in [-0.05, 0) is 37.3 Å². The van der Waals surface area contributed by atoms with Gasteiger partial charge < -0.3 is 9.80 Å². The molecular weight excluding hydrogens is 334 g/mol. The van der Waals surface area contributed by atoms with E-state index in [0.29, 0.717) is 22.8 Å². The average Bonchev–Trinajstić information content (AvgIpc) is 3.09. The van der Waals surface area contributed by atoms with E-state index >= 15 is 0 Å². The van der Waals surface area contributed by atoms with Gasteiger partial charge in [-0.15, -0.1) is 0 Å². The molecule has 2 aliphatic rings.